The van der Waals surface area contributed by atoms with Crippen molar-refractivity contribution >= 4 is 21.4 Å². The van der Waals surface area contributed by atoms with E-state index in [2.05, 4.69) is 5.32 Å². The Balaban J connectivity index is 2.08. The van der Waals surface area contributed by atoms with Crippen molar-refractivity contribution in [2.24, 2.45) is 0 Å². The van der Waals surface area contributed by atoms with Gasteiger partial charge in [-0.3, -0.25) is 4.79 Å². The van der Waals surface area contributed by atoms with Gasteiger partial charge in [0.15, 0.2) is 9.84 Å². The van der Waals surface area contributed by atoms with Crippen LogP contribution in [0.3, 0.4) is 0 Å². The van der Waals surface area contributed by atoms with Gasteiger partial charge in [-0.25, -0.2) is 8.42 Å². The summed E-state index contributed by atoms with van der Waals surface area (Å²) in [5.74, 6) is 0.795. The molecule has 1 fully saturated rings. The normalized spacial score (nSPS) is 20.7. The predicted molar refractivity (Wildman–Crippen MR) is 90.5 cm³/mol. The Morgan fingerprint density at radius 1 is 1.43 bits per heavy atom. The van der Waals surface area contributed by atoms with E-state index in [4.69, 9.17) is 4.74 Å². The fraction of sp³-hybridized carbons (Fsp3) is 0.562. The molecule has 1 aromatic carbocycles. The lowest BCUT2D eigenvalue weighted by molar-refractivity contribution is -0.133. The topological polar surface area (TPSA) is 75.7 Å². The summed E-state index contributed by atoms with van der Waals surface area (Å²) >= 11 is 0. The van der Waals surface area contributed by atoms with Crippen molar-refractivity contribution in [2.45, 2.75) is 32.4 Å². The standard InChI is InChI=1S/C16H24N2O4S/c1-4-18(13-9-10-23(20,21)11-13)16(19)12(2)17-14-7-5-6-8-15(14)22-3/h5-8,12-13,17H,4,9-11H2,1-3H3/t12-,13+/m1/s1. The highest BCUT2D eigenvalue weighted by molar-refractivity contribution is 7.91. The molecule has 1 aliphatic rings. The summed E-state index contributed by atoms with van der Waals surface area (Å²) in [5, 5.41) is 3.15. The molecule has 2 rings (SSSR count). The van der Waals surface area contributed by atoms with Crippen LogP contribution in [0.2, 0.25) is 0 Å². The molecule has 0 saturated carbocycles. The van der Waals surface area contributed by atoms with Crippen LogP contribution >= 0.6 is 0 Å². The molecule has 1 saturated heterocycles. The Morgan fingerprint density at radius 3 is 2.70 bits per heavy atom. The van der Waals surface area contributed by atoms with E-state index in [0.29, 0.717) is 18.7 Å². The van der Waals surface area contributed by atoms with Crippen molar-refractivity contribution in [3.63, 3.8) is 0 Å². The number of rotatable bonds is 6. The first kappa shape index (κ1) is 17.6. The Morgan fingerprint density at radius 2 is 2.13 bits per heavy atom. The van der Waals surface area contributed by atoms with Crippen LogP contribution in [0.25, 0.3) is 0 Å². The Bertz CT molecular complexity index is 660. The van der Waals surface area contributed by atoms with Gasteiger partial charge in [0.05, 0.1) is 24.3 Å². The van der Waals surface area contributed by atoms with E-state index in [0.717, 1.165) is 5.69 Å². The van der Waals surface area contributed by atoms with E-state index in [-0.39, 0.29) is 23.5 Å². The van der Waals surface area contributed by atoms with E-state index in [1.807, 2.05) is 31.2 Å². The van der Waals surface area contributed by atoms with E-state index in [9.17, 15) is 13.2 Å². The molecule has 0 aliphatic carbocycles. The number of para-hydroxylation sites is 2. The van der Waals surface area contributed by atoms with Gasteiger partial charge in [0.2, 0.25) is 5.91 Å². The largest absolute Gasteiger partial charge is 0.495 e. The van der Waals surface area contributed by atoms with Crippen LogP contribution in [0, 0.1) is 0 Å². The summed E-state index contributed by atoms with van der Waals surface area (Å²) in [6, 6.07) is 6.70. The van der Waals surface area contributed by atoms with E-state index in [1.165, 1.54) is 0 Å². The average Bonchev–Trinajstić information content (AvgIpc) is 2.88. The number of methoxy groups -OCH3 is 1. The van der Waals surface area contributed by atoms with Crippen LogP contribution in [0.15, 0.2) is 24.3 Å². The predicted octanol–water partition coefficient (Wildman–Crippen LogP) is 1.53. The third-order valence-electron chi connectivity index (χ3n) is 4.12. The van der Waals surface area contributed by atoms with Crippen molar-refractivity contribution in [3.8, 4) is 5.75 Å². The third-order valence-corrected chi connectivity index (χ3v) is 5.87. The first-order valence-corrected chi connectivity index (χ1v) is 9.60. The molecule has 23 heavy (non-hydrogen) atoms. The zero-order valence-electron chi connectivity index (χ0n) is 13.8. The quantitative estimate of drug-likeness (QED) is 0.850. The number of carbonyl (C=O) groups is 1. The molecule has 0 radical (unpaired) electrons. The van der Waals surface area contributed by atoms with Gasteiger partial charge in [-0.2, -0.15) is 0 Å². The number of ether oxygens (including phenoxy) is 1. The lowest BCUT2D eigenvalue weighted by Crippen LogP contribution is -2.47. The fourth-order valence-corrected chi connectivity index (χ4v) is 4.65. The lowest BCUT2D eigenvalue weighted by atomic mass is 10.1. The SMILES string of the molecule is CCN(C(=O)[C@@H](C)Nc1ccccc1OC)[C@H]1CCS(=O)(=O)C1. The van der Waals surface area contributed by atoms with Crippen LogP contribution in [-0.2, 0) is 14.6 Å². The number of nitrogens with zero attached hydrogens (tertiary/aromatic N) is 1. The van der Waals surface area contributed by atoms with Crippen LogP contribution in [0.4, 0.5) is 5.69 Å². The van der Waals surface area contributed by atoms with E-state index >= 15 is 0 Å². The van der Waals surface area contributed by atoms with Crippen LogP contribution < -0.4 is 10.1 Å². The molecular formula is C16H24N2O4S. The molecule has 1 aliphatic heterocycles. The van der Waals surface area contributed by atoms with Gasteiger partial charge in [-0.05, 0) is 32.4 Å². The Labute approximate surface area is 137 Å². The fourth-order valence-electron chi connectivity index (χ4n) is 2.92. The minimum atomic E-state index is -3.01. The second-order valence-electron chi connectivity index (χ2n) is 5.75. The summed E-state index contributed by atoms with van der Waals surface area (Å²) in [6.07, 6.45) is 0.517. The zero-order chi connectivity index (χ0) is 17.0. The molecule has 1 heterocycles. The molecule has 0 spiro atoms. The van der Waals surface area contributed by atoms with Crippen molar-refractivity contribution in [2.75, 3.05) is 30.5 Å². The van der Waals surface area contributed by atoms with Crippen molar-refractivity contribution in [1.82, 2.24) is 4.90 Å². The summed E-state index contributed by atoms with van der Waals surface area (Å²) in [6.45, 7) is 4.15. The van der Waals surface area contributed by atoms with Crippen molar-refractivity contribution in [1.29, 1.82) is 0 Å². The molecule has 1 amide bonds. The van der Waals surface area contributed by atoms with Gasteiger partial charge in [-0.15, -0.1) is 0 Å². The third kappa shape index (κ3) is 4.16. The number of sulfone groups is 1. The number of amides is 1. The molecule has 0 bridgehead atoms. The van der Waals surface area contributed by atoms with Gasteiger partial charge in [0.25, 0.3) is 0 Å². The number of carbonyl (C=O) groups excluding carboxylic acids is 1. The highest BCUT2D eigenvalue weighted by Crippen LogP contribution is 2.25. The van der Waals surface area contributed by atoms with E-state index < -0.39 is 15.9 Å². The minimum absolute atomic E-state index is 0.0635. The van der Waals surface area contributed by atoms with Crippen molar-refractivity contribution in [3.05, 3.63) is 24.3 Å². The summed E-state index contributed by atoms with van der Waals surface area (Å²) in [4.78, 5) is 14.4. The maximum atomic E-state index is 12.7. The molecule has 2 atom stereocenters. The van der Waals surface area contributed by atoms with Crippen molar-refractivity contribution < 1.29 is 17.9 Å². The lowest BCUT2D eigenvalue weighted by Gasteiger charge is -2.30. The monoisotopic (exact) mass is 340 g/mol. The van der Waals surface area contributed by atoms with Gasteiger partial charge < -0.3 is 15.0 Å². The molecular weight excluding hydrogens is 316 g/mol. The van der Waals surface area contributed by atoms with Crippen LogP contribution in [0.5, 0.6) is 5.75 Å². The zero-order valence-corrected chi connectivity index (χ0v) is 14.6. The molecule has 128 valence electrons. The number of likely N-dealkylation sites (N-methyl/N-ethyl adjacent to an activating group) is 1. The first-order valence-electron chi connectivity index (χ1n) is 7.78. The molecule has 1 N–H and O–H groups in total. The maximum Gasteiger partial charge on any atom is 0.245 e. The second kappa shape index (κ2) is 7.21. The molecule has 0 aromatic heterocycles. The Kier molecular flexibility index (Phi) is 5.51. The smallest absolute Gasteiger partial charge is 0.245 e. The van der Waals surface area contributed by atoms with Gasteiger partial charge >= 0.3 is 0 Å². The number of hydrogen-bond acceptors (Lipinski definition) is 5. The molecule has 6 nitrogen and oxygen atoms in total. The highest BCUT2D eigenvalue weighted by atomic mass is 32.2. The number of hydrogen-bond donors (Lipinski definition) is 1. The van der Waals surface area contributed by atoms with Gasteiger partial charge in [0.1, 0.15) is 11.8 Å². The average molecular weight is 340 g/mol. The van der Waals surface area contributed by atoms with Gasteiger partial charge in [-0.1, -0.05) is 12.1 Å². The number of anilines is 1. The second-order valence-corrected chi connectivity index (χ2v) is 7.98. The minimum Gasteiger partial charge on any atom is -0.495 e. The number of nitrogens with one attached hydrogen (secondary N) is 1. The molecule has 0 unspecified atom stereocenters. The molecule has 7 heteroatoms. The highest BCUT2D eigenvalue weighted by Gasteiger charge is 2.35. The molecule has 1 aromatic rings. The van der Waals surface area contributed by atoms with E-state index in [1.54, 1.807) is 18.9 Å². The first-order chi connectivity index (χ1) is 10.9. The summed E-state index contributed by atoms with van der Waals surface area (Å²) < 4.78 is 28.6. The number of benzene rings is 1. The maximum absolute atomic E-state index is 12.7. The summed E-state index contributed by atoms with van der Waals surface area (Å²) in [7, 11) is -1.44. The van der Waals surface area contributed by atoms with Crippen LogP contribution in [0.1, 0.15) is 20.3 Å². The summed E-state index contributed by atoms with van der Waals surface area (Å²) in [5.41, 5.74) is 0.742. The van der Waals surface area contributed by atoms with Crippen LogP contribution in [-0.4, -0.2) is 56.5 Å². The van der Waals surface area contributed by atoms with Gasteiger partial charge in [0, 0.05) is 12.6 Å². The Hall–Kier alpha value is -1.76.